The van der Waals surface area contributed by atoms with Gasteiger partial charge >= 0.3 is 0 Å². The molecule has 0 atom stereocenters. The first-order valence-corrected chi connectivity index (χ1v) is 11.7. The molecule has 0 aliphatic carbocycles. The summed E-state index contributed by atoms with van der Waals surface area (Å²) in [4.78, 5) is 23.4. The van der Waals surface area contributed by atoms with Gasteiger partial charge in [0, 0.05) is 37.1 Å². The molecule has 0 saturated carbocycles. The van der Waals surface area contributed by atoms with Crippen LogP contribution in [0.25, 0.3) is 21.3 Å². The number of nitrogens with zero attached hydrogens (tertiary/aromatic N) is 5. The van der Waals surface area contributed by atoms with Gasteiger partial charge in [-0.2, -0.15) is 5.26 Å². The van der Waals surface area contributed by atoms with Gasteiger partial charge in [0.05, 0.1) is 23.7 Å². The molecule has 7 nitrogen and oxygen atoms in total. The normalized spacial score (nSPS) is 14.5. The second kappa shape index (κ2) is 9.06. The van der Waals surface area contributed by atoms with Gasteiger partial charge in [-0.25, -0.2) is 4.98 Å². The van der Waals surface area contributed by atoms with Gasteiger partial charge in [0.15, 0.2) is 0 Å². The van der Waals surface area contributed by atoms with Crippen LogP contribution in [0, 0.1) is 11.3 Å². The smallest absolute Gasteiger partial charge is 0.263 e. The summed E-state index contributed by atoms with van der Waals surface area (Å²) in [6.07, 6.45) is 0. The second-order valence-corrected chi connectivity index (χ2v) is 8.88. The molecule has 2 aromatic carbocycles. The number of aromatic nitrogens is 2. The van der Waals surface area contributed by atoms with Crippen LogP contribution in [0.3, 0.4) is 0 Å². The van der Waals surface area contributed by atoms with Crippen molar-refractivity contribution in [3.8, 4) is 22.9 Å². The maximum Gasteiger partial charge on any atom is 0.263 e. The molecule has 1 aliphatic heterocycles. The Morgan fingerprint density at radius 2 is 1.76 bits per heavy atom. The molecule has 0 amide bonds. The molecule has 0 unspecified atom stereocenters. The standard InChI is InChI=1S/C25H23N5O2S/c26-10-11-30-22(16-28-12-14-29(15-13-28)20-8-4-5-9-21(20)31)27-24-23(25(30)32)19(17-33-24)18-6-2-1-3-7-18/h1-9,17,31H,11-16H2. The van der Waals surface area contributed by atoms with Crippen LogP contribution in [0.4, 0.5) is 5.69 Å². The van der Waals surface area contributed by atoms with E-state index in [0.717, 1.165) is 43.0 Å². The van der Waals surface area contributed by atoms with E-state index in [1.807, 2.05) is 53.9 Å². The van der Waals surface area contributed by atoms with Crippen LogP contribution < -0.4 is 10.5 Å². The van der Waals surface area contributed by atoms with Gasteiger partial charge in [-0.05, 0) is 17.7 Å². The quantitative estimate of drug-likeness (QED) is 0.492. The molecular formula is C25H23N5O2S. The van der Waals surface area contributed by atoms with Gasteiger partial charge in [-0.1, -0.05) is 42.5 Å². The van der Waals surface area contributed by atoms with Crippen LogP contribution in [0.1, 0.15) is 5.82 Å². The number of anilines is 1. The molecule has 8 heteroatoms. The molecule has 4 aromatic rings. The average Bonchev–Trinajstić information content (AvgIpc) is 3.27. The minimum Gasteiger partial charge on any atom is -0.506 e. The highest BCUT2D eigenvalue weighted by Crippen LogP contribution is 2.31. The molecule has 3 heterocycles. The summed E-state index contributed by atoms with van der Waals surface area (Å²) >= 11 is 1.46. The number of thiophene rings is 1. The van der Waals surface area contributed by atoms with E-state index in [1.54, 1.807) is 6.07 Å². The lowest BCUT2D eigenvalue weighted by Crippen LogP contribution is -2.46. The minimum absolute atomic E-state index is 0.0287. The Kier molecular flexibility index (Phi) is 5.82. The van der Waals surface area contributed by atoms with Crippen molar-refractivity contribution in [1.82, 2.24) is 14.5 Å². The average molecular weight is 458 g/mol. The fraction of sp³-hybridized carbons (Fsp3) is 0.240. The molecule has 2 aromatic heterocycles. The van der Waals surface area contributed by atoms with E-state index in [9.17, 15) is 15.2 Å². The number of rotatable bonds is 5. The van der Waals surface area contributed by atoms with Gasteiger partial charge in [0.1, 0.15) is 22.9 Å². The summed E-state index contributed by atoms with van der Waals surface area (Å²) in [6, 6.07) is 19.3. The van der Waals surface area contributed by atoms with Crippen molar-refractivity contribution in [2.24, 2.45) is 0 Å². The lowest BCUT2D eigenvalue weighted by atomic mass is 10.1. The highest BCUT2D eigenvalue weighted by molar-refractivity contribution is 7.17. The molecule has 166 valence electrons. The highest BCUT2D eigenvalue weighted by atomic mass is 32.1. The monoisotopic (exact) mass is 457 g/mol. The molecule has 1 aliphatic rings. The van der Waals surface area contributed by atoms with Crippen molar-refractivity contribution in [3.05, 3.63) is 76.2 Å². The number of aromatic hydroxyl groups is 1. The van der Waals surface area contributed by atoms with Crippen LogP contribution in [-0.4, -0.2) is 45.7 Å². The number of phenolic OH excluding ortho intramolecular Hbond substituents is 1. The third kappa shape index (κ3) is 4.09. The lowest BCUT2D eigenvalue weighted by Gasteiger charge is -2.36. The summed E-state index contributed by atoms with van der Waals surface area (Å²) in [7, 11) is 0. The van der Waals surface area contributed by atoms with E-state index in [1.165, 1.54) is 15.9 Å². The summed E-state index contributed by atoms with van der Waals surface area (Å²) in [5.41, 5.74) is 2.51. The molecule has 0 radical (unpaired) electrons. The molecule has 33 heavy (non-hydrogen) atoms. The first-order chi connectivity index (χ1) is 16.2. The van der Waals surface area contributed by atoms with Crippen LogP contribution in [-0.2, 0) is 13.1 Å². The largest absolute Gasteiger partial charge is 0.506 e. The molecule has 1 fully saturated rings. The van der Waals surface area contributed by atoms with E-state index in [0.29, 0.717) is 22.6 Å². The van der Waals surface area contributed by atoms with Crippen molar-refractivity contribution in [3.63, 3.8) is 0 Å². The third-order valence-corrected chi connectivity index (χ3v) is 6.92. The van der Waals surface area contributed by atoms with Gasteiger partial charge < -0.3 is 10.0 Å². The Labute approximate surface area is 195 Å². The fourth-order valence-electron chi connectivity index (χ4n) is 4.33. The maximum absolute atomic E-state index is 13.4. The number of hydrogen-bond acceptors (Lipinski definition) is 7. The zero-order valence-corrected chi connectivity index (χ0v) is 18.8. The van der Waals surface area contributed by atoms with E-state index in [2.05, 4.69) is 15.9 Å². The van der Waals surface area contributed by atoms with E-state index < -0.39 is 0 Å². The van der Waals surface area contributed by atoms with Crippen molar-refractivity contribution in [1.29, 1.82) is 5.26 Å². The fourth-order valence-corrected chi connectivity index (χ4v) is 5.29. The predicted molar refractivity (Wildman–Crippen MR) is 131 cm³/mol. The number of benzene rings is 2. The van der Waals surface area contributed by atoms with Crippen molar-refractivity contribution >= 4 is 27.2 Å². The number of fused-ring (bicyclic) bond motifs is 1. The molecular weight excluding hydrogens is 434 g/mol. The SMILES string of the molecule is N#CCn1c(CN2CCN(c3ccccc3O)CC2)nc2scc(-c3ccccc3)c2c1=O. The number of piperazine rings is 1. The zero-order chi connectivity index (χ0) is 22.8. The molecule has 0 bridgehead atoms. The Morgan fingerprint density at radius 3 is 2.48 bits per heavy atom. The van der Waals surface area contributed by atoms with Gasteiger partial charge in [0.25, 0.3) is 5.56 Å². The van der Waals surface area contributed by atoms with Gasteiger partial charge in [-0.15, -0.1) is 11.3 Å². The molecule has 5 rings (SSSR count). The summed E-state index contributed by atoms with van der Waals surface area (Å²) in [5.74, 6) is 0.902. The number of hydrogen-bond donors (Lipinski definition) is 1. The summed E-state index contributed by atoms with van der Waals surface area (Å²) < 4.78 is 1.51. The van der Waals surface area contributed by atoms with Crippen LogP contribution in [0.5, 0.6) is 5.75 Å². The molecule has 1 N–H and O–H groups in total. The van der Waals surface area contributed by atoms with E-state index in [4.69, 9.17) is 4.98 Å². The van der Waals surface area contributed by atoms with E-state index >= 15 is 0 Å². The number of para-hydroxylation sites is 2. The Morgan fingerprint density at radius 1 is 1.03 bits per heavy atom. The summed E-state index contributed by atoms with van der Waals surface area (Å²) in [5, 5.41) is 22.1. The Hall–Kier alpha value is -3.67. The van der Waals surface area contributed by atoms with Crippen LogP contribution in [0.15, 0.2) is 64.8 Å². The van der Waals surface area contributed by atoms with Crippen molar-refractivity contribution in [2.75, 3.05) is 31.1 Å². The predicted octanol–water partition coefficient (Wildman–Crippen LogP) is 3.68. The maximum atomic E-state index is 13.4. The first-order valence-electron chi connectivity index (χ1n) is 10.8. The second-order valence-electron chi connectivity index (χ2n) is 8.02. The minimum atomic E-state index is -0.163. The summed E-state index contributed by atoms with van der Waals surface area (Å²) in [6.45, 7) is 3.54. The Balaban J connectivity index is 1.42. The van der Waals surface area contributed by atoms with Crippen LogP contribution in [0.2, 0.25) is 0 Å². The number of phenols is 1. The molecule has 1 saturated heterocycles. The van der Waals surface area contributed by atoms with Crippen LogP contribution >= 0.6 is 11.3 Å². The Bertz CT molecular complexity index is 1380. The highest BCUT2D eigenvalue weighted by Gasteiger charge is 2.22. The zero-order valence-electron chi connectivity index (χ0n) is 18.0. The van der Waals surface area contributed by atoms with Crippen molar-refractivity contribution in [2.45, 2.75) is 13.1 Å². The van der Waals surface area contributed by atoms with Gasteiger partial charge in [-0.3, -0.25) is 14.3 Å². The lowest BCUT2D eigenvalue weighted by molar-refractivity contribution is 0.239. The van der Waals surface area contributed by atoms with Gasteiger partial charge in [0.2, 0.25) is 0 Å². The molecule has 0 spiro atoms. The third-order valence-electron chi connectivity index (χ3n) is 6.05. The first kappa shape index (κ1) is 21.2. The van der Waals surface area contributed by atoms with Crippen molar-refractivity contribution < 1.29 is 5.11 Å². The topological polar surface area (TPSA) is 85.4 Å². The van der Waals surface area contributed by atoms with E-state index in [-0.39, 0.29) is 17.9 Å². The number of nitriles is 1.